The van der Waals surface area contributed by atoms with Gasteiger partial charge in [0.2, 0.25) is 0 Å². The molecule has 0 radical (unpaired) electrons. The normalized spacial score (nSPS) is 12.4. The predicted molar refractivity (Wildman–Crippen MR) is 126 cm³/mol. The number of nitrogens with zero attached hydrogens (tertiary/aromatic N) is 1. The second-order valence-corrected chi connectivity index (χ2v) is 8.66. The first-order chi connectivity index (χ1) is 13.4. The van der Waals surface area contributed by atoms with Crippen LogP contribution in [0.15, 0.2) is 46.6 Å². The minimum atomic E-state index is -0.0867. The van der Waals surface area contributed by atoms with Gasteiger partial charge in [-0.05, 0) is 61.1 Å². The molecule has 1 atom stereocenters. The Morgan fingerprint density at radius 2 is 1.86 bits per heavy atom. The van der Waals surface area contributed by atoms with Gasteiger partial charge in [0.05, 0.1) is 10.9 Å². The molecule has 0 fully saturated rings. The number of aromatic hydroxyl groups is 1. The Hall–Kier alpha value is -2.34. The first-order valence-electron chi connectivity index (χ1n) is 9.37. The summed E-state index contributed by atoms with van der Waals surface area (Å²) in [6.07, 6.45) is 0. The van der Waals surface area contributed by atoms with Crippen molar-refractivity contribution in [1.82, 2.24) is 9.88 Å². The molecule has 2 aromatic carbocycles. The fraction of sp³-hybridized carbons (Fsp3) is 0.261. The van der Waals surface area contributed by atoms with Crippen molar-refractivity contribution >= 4 is 44.7 Å². The van der Waals surface area contributed by atoms with Crippen LogP contribution in [0.2, 0.25) is 0 Å². The van der Waals surface area contributed by atoms with E-state index in [0.29, 0.717) is 11.3 Å². The van der Waals surface area contributed by atoms with E-state index in [0.717, 1.165) is 38.8 Å². The molecule has 2 aromatic heterocycles. The minimum Gasteiger partial charge on any atom is -0.507 e. The maximum atomic E-state index is 12.4. The lowest BCUT2D eigenvalue weighted by Crippen LogP contribution is -2.18. The number of phenols is 1. The summed E-state index contributed by atoms with van der Waals surface area (Å²) in [6.45, 7) is 5.11. The molecule has 0 saturated carbocycles. The quantitative estimate of drug-likeness (QED) is 0.450. The minimum absolute atomic E-state index is 0. The zero-order chi connectivity index (χ0) is 20.0. The third kappa shape index (κ3) is 3.78. The molecule has 2 heterocycles. The van der Waals surface area contributed by atoms with Crippen molar-refractivity contribution < 1.29 is 5.11 Å². The monoisotopic (exact) mass is 428 g/mol. The van der Waals surface area contributed by atoms with Crippen molar-refractivity contribution in [3.05, 3.63) is 63.3 Å². The smallest absolute Gasteiger partial charge is 0.257 e. The third-order valence-corrected chi connectivity index (χ3v) is 6.22. The van der Waals surface area contributed by atoms with Crippen LogP contribution in [0.4, 0.5) is 0 Å². The number of nitrogens with one attached hydrogen (secondary N) is 1. The number of aryl methyl sites for hydroxylation is 1. The van der Waals surface area contributed by atoms with Gasteiger partial charge in [0.15, 0.2) is 0 Å². The van der Waals surface area contributed by atoms with Crippen LogP contribution < -0.4 is 5.56 Å². The van der Waals surface area contributed by atoms with Crippen LogP contribution in [0.1, 0.15) is 24.0 Å². The molecule has 6 heteroatoms. The average molecular weight is 429 g/mol. The number of rotatable bonds is 4. The van der Waals surface area contributed by atoms with E-state index in [1.54, 1.807) is 6.07 Å². The van der Waals surface area contributed by atoms with Gasteiger partial charge in [0.25, 0.3) is 5.56 Å². The number of pyridine rings is 1. The number of likely N-dealkylation sites (N-methyl/N-ethyl adjacent to an activating group) is 1. The maximum absolute atomic E-state index is 12.4. The maximum Gasteiger partial charge on any atom is 0.257 e. The summed E-state index contributed by atoms with van der Waals surface area (Å²) in [4.78, 5) is 17.6. The van der Waals surface area contributed by atoms with Gasteiger partial charge in [0.1, 0.15) is 5.75 Å². The topological polar surface area (TPSA) is 56.3 Å². The standard InChI is InChI=1S/C23H24N2O2S.ClH/c1-13-11-18(26)19(16-7-5-15(6-8-16)14(2)12-25(3)4)20-21(13)24-23(27)17-9-10-28-22(17)20;/h5-11,14,26H,12H2,1-4H3,(H,24,27);1H/t14-;/m0./s1. The highest BCUT2D eigenvalue weighted by atomic mass is 35.5. The van der Waals surface area contributed by atoms with Crippen LogP contribution in [-0.2, 0) is 0 Å². The molecule has 0 bridgehead atoms. The summed E-state index contributed by atoms with van der Waals surface area (Å²) in [7, 11) is 4.16. The van der Waals surface area contributed by atoms with E-state index in [9.17, 15) is 9.90 Å². The van der Waals surface area contributed by atoms with Crippen molar-refractivity contribution in [1.29, 1.82) is 0 Å². The van der Waals surface area contributed by atoms with Crippen LogP contribution in [0.25, 0.3) is 32.1 Å². The summed E-state index contributed by atoms with van der Waals surface area (Å²) in [5.74, 6) is 0.661. The fourth-order valence-electron chi connectivity index (χ4n) is 3.97. The van der Waals surface area contributed by atoms with Crippen molar-refractivity contribution in [2.24, 2.45) is 0 Å². The van der Waals surface area contributed by atoms with Gasteiger partial charge in [0, 0.05) is 22.2 Å². The molecule has 0 amide bonds. The molecular weight excluding hydrogens is 404 g/mol. The number of phenolic OH excluding ortho intramolecular Hbond substituents is 1. The highest BCUT2D eigenvalue weighted by Gasteiger charge is 2.18. The van der Waals surface area contributed by atoms with Gasteiger partial charge in [-0.15, -0.1) is 23.7 Å². The zero-order valence-electron chi connectivity index (χ0n) is 16.9. The Kier molecular flexibility index (Phi) is 6.03. The Bertz CT molecular complexity index is 1230. The molecule has 0 spiro atoms. The Balaban J connectivity index is 0.00000240. The molecule has 0 unspecified atom stereocenters. The number of H-pyrrole nitrogens is 1. The largest absolute Gasteiger partial charge is 0.507 e. The summed E-state index contributed by atoms with van der Waals surface area (Å²) in [5.41, 5.74) is 4.55. The molecule has 4 aromatic rings. The molecule has 29 heavy (non-hydrogen) atoms. The van der Waals surface area contributed by atoms with Crippen molar-refractivity contribution in [2.45, 2.75) is 19.8 Å². The first kappa shape index (κ1) is 21.4. The molecule has 0 aliphatic carbocycles. The number of thiophene rings is 1. The van der Waals surface area contributed by atoms with E-state index in [2.05, 4.69) is 55.2 Å². The Morgan fingerprint density at radius 1 is 1.17 bits per heavy atom. The van der Waals surface area contributed by atoms with Gasteiger partial charge in [-0.3, -0.25) is 4.79 Å². The van der Waals surface area contributed by atoms with Gasteiger partial charge in [-0.1, -0.05) is 31.2 Å². The summed E-state index contributed by atoms with van der Waals surface area (Å²) < 4.78 is 0.915. The van der Waals surface area contributed by atoms with Crippen LogP contribution in [-0.4, -0.2) is 35.6 Å². The van der Waals surface area contributed by atoms with Crippen LogP contribution >= 0.6 is 23.7 Å². The molecular formula is C23H25ClN2O2S. The van der Waals surface area contributed by atoms with Crippen molar-refractivity contribution in [3.8, 4) is 16.9 Å². The predicted octanol–water partition coefficient (Wildman–Crippen LogP) is 5.51. The van der Waals surface area contributed by atoms with Gasteiger partial charge in [-0.2, -0.15) is 0 Å². The van der Waals surface area contributed by atoms with E-state index >= 15 is 0 Å². The highest BCUT2D eigenvalue weighted by molar-refractivity contribution is 7.18. The number of hydrogen-bond acceptors (Lipinski definition) is 4. The lowest BCUT2D eigenvalue weighted by molar-refractivity contribution is 0.383. The Morgan fingerprint density at radius 3 is 2.52 bits per heavy atom. The first-order valence-corrected chi connectivity index (χ1v) is 10.3. The lowest BCUT2D eigenvalue weighted by Gasteiger charge is -2.18. The highest BCUT2D eigenvalue weighted by Crippen LogP contribution is 2.41. The summed E-state index contributed by atoms with van der Waals surface area (Å²) in [5, 5.41) is 14.3. The number of fused-ring (bicyclic) bond motifs is 3. The van der Waals surface area contributed by atoms with Crippen molar-refractivity contribution in [2.75, 3.05) is 20.6 Å². The fourth-order valence-corrected chi connectivity index (χ4v) is 4.92. The molecule has 152 valence electrons. The third-order valence-electron chi connectivity index (χ3n) is 5.29. The number of benzene rings is 2. The SMILES string of the molecule is Cc1cc(O)c(-c2ccc([C@@H](C)CN(C)C)cc2)c2c1[nH]c(=O)c1ccsc12.Cl. The summed E-state index contributed by atoms with van der Waals surface area (Å²) in [6, 6.07) is 12.0. The average Bonchev–Trinajstić information content (AvgIpc) is 3.13. The molecule has 4 rings (SSSR count). The number of halogens is 1. The molecule has 0 aliphatic rings. The van der Waals surface area contributed by atoms with Gasteiger partial charge >= 0.3 is 0 Å². The van der Waals surface area contributed by atoms with Crippen molar-refractivity contribution in [3.63, 3.8) is 0 Å². The van der Waals surface area contributed by atoms with Crippen LogP contribution in [0.3, 0.4) is 0 Å². The van der Waals surface area contributed by atoms with Gasteiger partial charge < -0.3 is 15.0 Å². The second-order valence-electron chi connectivity index (χ2n) is 7.74. The summed E-state index contributed by atoms with van der Waals surface area (Å²) >= 11 is 1.54. The van der Waals surface area contributed by atoms with E-state index in [4.69, 9.17) is 0 Å². The van der Waals surface area contributed by atoms with Crippen LogP contribution in [0, 0.1) is 6.92 Å². The van der Waals surface area contributed by atoms with E-state index in [-0.39, 0.29) is 23.7 Å². The second kappa shape index (κ2) is 8.19. The number of aromatic nitrogens is 1. The number of hydrogen-bond donors (Lipinski definition) is 2. The van der Waals surface area contributed by atoms with Crippen LogP contribution in [0.5, 0.6) is 5.75 Å². The zero-order valence-corrected chi connectivity index (χ0v) is 18.6. The van der Waals surface area contributed by atoms with E-state index < -0.39 is 0 Å². The van der Waals surface area contributed by atoms with E-state index in [1.807, 2.05) is 18.4 Å². The molecule has 4 nitrogen and oxygen atoms in total. The van der Waals surface area contributed by atoms with E-state index in [1.165, 1.54) is 16.9 Å². The lowest BCUT2D eigenvalue weighted by atomic mass is 9.93. The van der Waals surface area contributed by atoms with Gasteiger partial charge in [-0.25, -0.2) is 0 Å². The Labute approximate surface area is 180 Å². The molecule has 0 saturated heterocycles. The molecule has 0 aliphatic heterocycles. The number of aromatic amines is 1. The molecule has 2 N–H and O–H groups in total.